The number of benzene rings is 2. The van der Waals surface area contributed by atoms with E-state index in [1.807, 2.05) is 19.6 Å². The maximum Gasteiger partial charge on any atom is 0.416 e. The first-order valence-electron chi connectivity index (χ1n) is 8.28. The first kappa shape index (κ1) is 22.7. The zero-order valence-electron chi connectivity index (χ0n) is 15.7. The molecule has 0 saturated heterocycles. The van der Waals surface area contributed by atoms with E-state index in [-0.39, 0.29) is 28.3 Å². The van der Waals surface area contributed by atoms with Crippen molar-refractivity contribution < 1.29 is 32.4 Å². The van der Waals surface area contributed by atoms with Crippen LogP contribution >= 0.6 is 11.6 Å². The lowest BCUT2D eigenvalue weighted by Crippen LogP contribution is -2.30. The molecular formula is C18H17ClF3NO5Si. The van der Waals surface area contributed by atoms with Crippen LogP contribution in [0.5, 0.6) is 11.5 Å². The Bertz CT molecular complexity index is 944. The highest BCUT2D eigenvalue weighted by atomic mass is 35.5. The Balaban J connectivity index is 2.33. The molecule has 0 amide bonds. The summed E-state index contributed by atoms with van der Waals surface area (Å²) < 4.78 is 48.8. The van der Waals surface area contributed by atoms with E-state index in [2.05, 4.69) is 0 Å². The van der Waals surface area contributed by atoms with Crippen molar-refractivity contribution in [2.75, 3.05) is 6.23 Å². The molecule has 6 nitrogen and oxygen atoms in total. The van der Waals surface area contributed by atoms with Gasteiger partial charge in [-0.05, 0) is 24.3 Å². The van der Waals surface area contributed by atoms with Crippen LogP contribution in [0.1, 0.15) is 15.9 Å². The quantitative estimate of drug-likeness (QED) is 0.231. The molecule has 0 N–H and O–H groups in total. The third-order valence-electron chi connectivity index (χ3n) is 3.51. The largest absolute Gasteiger partial charge is 0.466 e. The molecule has 0 saturated carbocycles. The molecule has 2 aromatic carbocycles. The molecule has 29 heavy (non-hydrogen) atoms. The van der Waals surface area contributed by atoms with Gasteiger partial charge in [-0.2, -0.15) is 13.2 Å². The van der Waals surface area contributed by atoms with Gasteiger partial charge >= 0.3 is 12.1 Å². The van der Waals surface area contributed by atoms with Crippen molar-refractivity contribution in [1.29, 1.82) is 0 Å². The summed E-state index contributed by atoms with van der Waals surface area (Å²) in [5.74, 6) is -1.00. The van der Waals surface area contributed by atoms with E-state index in [0.29, 0.717) is 6.07 Å². The van der Waals surface area contributed by atoms with Gasteiger partial charge in [0, 0.05) is 12.1 Å². The van der Waals surface area contributed by atoms with Gasteiger partial charge in [-0.15, -0.1) is 0 Å². The van der Waals surface area contributed by atoms with Crippen LogP contribution in [0.3, 0.4) is 0 Å². The molecule has 0 aliphatic carbocycles. The molecular weight excluding hydrogens is 431 g/mol. The van der Waals surface area contributed by atoms with Gasteiger partial charge in [-0.3, -0.25) is 10.1 Å². The summed E-state index contributed by atoms with van der Waals surface area (Å²) in [4.78, 5) is 22.8. The van der Waals surface area contributed by atoms with E-state index in [1.54, 1.807) is 0 Å². The van der Waals surface area contributed by atoms with Crippen LogP contribution in [-0.2, 0) is 10.9 Å². The van der Waals surface area contributed by atoms with Crippen molar-refractivity contribution in [3.63, 3.8) is 0 Å². The van der Waals surface area contributed by atoms with Gasteiger partial charge in [0.15, 0.2) is 0 Å². The number of halogens is 4. The highest BCUT2D eigenvalue weighted by Crippen LogP contribution is 2.37. The van der Waals surface area contributed by atoms with Crippen LogP contribution in [0.2, 0.25) is 24.7 Å². The fourth-order valence-corrected chi connectivity index (χ4v) is 2.93. The molecule has 11 heteroatoms. The summed E-state index contributed by atoms with van der Waals surface area (Å²) in [6.07, 6.45) is -4.40. The number of esters is 1. The lowest BCUT2D eigenvalue weighted by molar-refractivity contribution is -0.385. The van der Waals surface area contributed by atoms with Crippen LogP contribution in [0.25, 0.3) is 0 Å². The Kier molecular flexibility index (Phi) is 6.59. The van der Waals surface area contributed by atoms with Crippen molar-refractivity contribution in [3.8, 4) is 11.5 Å². The van der Waals surface area contributed by atoms with E-state index in [1.165, 1.54) is 6.07 Å². The number of nitro groups is 1. The lowest BCUT2D eigenvalue weighted by atomic mass is 10.1. The zero-order valence-corrected chi connectivity index (χ0v) is 17.4. The first-order chi connectivity index (χ1) is 13.3. The fourth-order valence-electron chi connectivity index (χ4n) is 2.15. The minimum Gasteiger partial charge on any atom is -0.466 e. The Morgan fingerprint density at radius 1 is 1.17 bits per heavy atom. The SMILES string of the molecule is C[Si](C)(C)COC(=O)c1cc(Oc2ccc(C(F)(F)F)cc2Cl)ccc1[N+](=O)[O-]. The topological polar surface area (TPSA) is 78.7 Å². The van der Waals surface area contributed by atoms with Crippen LogP contribution in [0, 0.1) is 10.1 Å². The average molecular weight is 448 g/mol. The molecule has 0 radical (unpaired) electrons. The van der Waals surface area contributed by atoms with E-state index in [4.69, 9.17) is 21.1 Å². The monoisotopic (exact) mass is 447 g/mol. The van der Waals surface area contributed by atoms with Gasteiger partial charge in [0.1, 0.15) is 17.1 Å². The number of hydrogen-bond acceptors (Lipinski definition) is 5. The summed E-state index contributed by atoms with van der Waals surface area (Å²) in [7, 11) is -1.75. The second-order valence-electron chi connectivity index (χ2n) is 7.32. The van der Waals surface area contributed by atoms with Gasteiger partial charge in [0.2, 0.25) is 0 Å². The first-order valence-corrected chi connectivity index (χ1v) is 12.4. The summed E-state index contributed by atoms with van der Waals surface area (Å²) in [5, 5.41) is 10.9. The number of ether oxygens (including phenoxy) is 2. The summed E-state index contributed by atoms with van der Waals surface area (Å²) in [6, 6.07) is 5.87. The van der Waals surface area contributed by atoms with Crippen LogP contribution in [-0.4, -0.2) is 25.2 Å². The highest BCUT2D eigenvalue weighted by Gasteiger charge is 2.31. The molecule has 2 aromatic rings. The van der Waals surface area contributed by atoms with Crippen LogP contribution in [0.4, 0.5) is 18.9 Å². The Morgan fingerprint density at radius 3 is 2.34 bits per heavy atom. The minimum absolute atomic E-state index is 0.0165. The molecule has 0 fully saturated rings. The number of hydrogen-bond donors (Lipinski definition) is 0. The Labute approximate surface area is 170 Å². The molecule has 0 aliphatic rings. The molecule has 0 spiro atoms. The molecule has 0 unspecified atom stereocenters. The van der Waals surface area contributed by atoms with Crippen molar-refractivity contribution in [2.45, 2.75) is 25.8 Å². The molecule has 0 heterocycles. The van der Waals surface area contributed by atoms with Crippen molar-refractivity contribution in [1.82, 2.24) is 0 Å². The lowest BCUT2D eigenvalue weighted by Gasteiger charge is -2.16. The predicted molar refractivity (Wildman–Crippen MR) is 103 cm³/mol. The smallest absolute Gasteiger partial charge is 0.416 e. The van der Waals surface area contributed by atoms with Gasteiger partial charge in [-0.25, -0.2) is 4.79 Å². The van der Waals surface area contributed by atoms with Crippen LogP contribution < -0.4 is 4.74 Å². The van der Waals surface area contributed by atoms with E-state index >= 15 is 0 Å². The molecule has 0 atom stereocenters. The molecule has 2 rings (SSSR count). The van der Waals surface area contributed by atoms with Gasteiger partial charge in [-0.1, -0.05) is 31.2 Å². The Morgan fingerprint density at radius 2 is 1.83 bits per heavy atom. The summed E-state index contributed by atoms with van der Waals surface area (Å²) in [6.45, 7) is 5.88. The number of carbonyl (C=O) groups excluding carboxylic acids is 1. The van der Waals surface area contributed by atoms with Gasteiger partial charge in [0.25, 0.3) is 5.69 Å². The fraction of sp³-hybridized carbons (Fsp3) is 0.278. The number of nitrogens with zero attached hydrogens (tertiary/aromatic N) is 1. The molecule has 0 aromatic heterocycles. The van der Waals surface area contributed by atoms with E-state index < -0.39 is 36.4 Å². The number of carbonyl (C=O) groups is 1. The number of rotatable bonds is 6. The van der Waals surface area contributed by atoms with Gasteiger partial charge < -0.3 is 9.47 Å². The van der Waals surface area contributed by atoms with Crippen LogP contribution in [0.15, 0.2) is 36.4 Å². The van der Waals surface area contributed by atoms with Crippen molar-refractivity contribution >= 4 is 31.3 Å². The predicted octanol–water partition coefficient (Wildman–Crippen LogP) is 6.09. The standard InChI is InChI=1S/C18H17ClF3NO5Si/c1-29(2,3)10-27-17(24)13-9-12(5-6-15(13)23(25)26)28-16-7-4-11(8-14(16)19)18(20,21)22/h4-9H,10H2,1-3H3. The Hall–Kier alpha value is -2.59. The van der Waals surface area contributed by atoms with Crippen molar-refractivity contribution in [3.05, 3.63) is 62.7 Å². The third kappa shape index (κ3) is 6.19. The summed E-state index contributed by atoms with van der Waals surface area (Å²) in [5.41, 5.74) is -1.75. The van der Waals surface area contributed by atoms with E-state index in [9.17, 15) is 28.1 Å². The second kappa shape index (κ2) is 8.42. The second-order valence-corrected chi connectivity index (χ2v) is 13.1. The average Bonchev–Trinajstić information content (AvgIpc) is 2.59. The van der Waals surface area contributed by atoms with Crippen molar-refractivity contribution in [2.24, 2.45) is 0 Å². The number of alkyl halides is 3. The zero-order chi connectivity index (χ0) is 22.0. The molecule has 0 aliphatic heterocycles. The third-order valence-corrected chi connectivity index (χ3v) is 4.81. The normalized spacial score (nSPS) is 11.8. The molecule has 0 bridgehead atoms. The summed E-state index contributed by atoms with van der Waals surface area (Å²) >= 11 is 5.85. The maximum absolute atomic E-state index is 12.7. The highest BCUT2D eigenvalue weighted by molar-refractivity contribution is 6.76. The maximum atomic E-state index is 12.7. The van der Waals surface area contributed by atoms with E-state index in [0.717, 1.165) is 24.3 Å². The molecule has 156 valence electrons. The van der Waals surface area contributed by atoms with Gasteiger partial charge in [0.05, 0.1) is 29.8 Å². The minimum atomic E-state index is -4.57. The number of nitro benzene ring substituents is 1.